The van der Waals surface area contributed by atoms with Gasteiger partial charge in [0.1, 0.15) is 0 Å². The van der Waals surface area contributed by atoms with Crippen LogP contribution in [0.3, 0.4) is 0 Å². The van der Waals surface area contributed by atoms with Gasteiger partial charge in [0.05, 0.1) is 0 Å². The van der Waals surface area contributed by atoms with E-state index in [0.29, 0.717) is 0 Å². The summed E-state index contributed by atoms with van der Waals surface area (Å²) in [5, 5.41) is 0. The molecule has 0 fully saturated rings. The fourth-order valence-electron chi connectivity index (χ4n) is 2.94. The molecule has 0 saturated heterocycles. The molecule has 2 atom stereocenters. The zero-order valence-corrected chi connectivity index (χ0v) is 13.6. The van der Waals surface area contributed by atoms with Gasteiger partial charge in [-0.1, -0.05) is 98.3 Å². The predicted octanol–water partition coefficient (Wildman–Crippen LogP) is 6.98. The van der Waals surface area contributed by atoms with Crippen molar-refractivity contribution in [3.63, 3.8) is 0 Å². The van der Waals surface area contributed by atoms with Crippen molar-refractivity contribution in [2.24, 2.45) is 11.8 Å². The monoisotopic (exact) mass is 254 g/mol. The van der Waals surface area contributed by atoms with Crippen LogP contribution in [0, 0.1) is 11.8 Å². The number of hydrogen-bond donors (Lipinski definition) is 0. The molecule has 0 aromatic rings. The van der Waals surface area contributed by atoms with E-state index in [4.69, 9.17) is 0 Å². The molecule has 0 aromatic heterocycles. The maximum absolute atomic E-state index is 2.46. The fraction of sp³-hybridized carbons (Fsp3) is 1.00. The first-order chi connectivity index (χ1) is 8.70. The van der Waals surface area contributed by atoms with Crippen molar-refractivity contribution in [3.8, 4) is 0 Å². The predicted molar refractivity (Wildman–Crippen MR) is 85.1 cm³/mol. The second-order valence-electron chi connectivity index (χ2n) is 6.50. The SMILES string of the molecule is CCCCCCCC(C)CC(C)CCCCCC. The average Bonchev–Trinajstić information content (AvgIpc) is 2.34. The van der Waals surface area contributed by atoms with Crippen LogP contribution in [-0.4, -0.2) is 0 Å². The molecule has 0 rings (SSSR count). The molecule has 0 heterocycles. The molecule has 0 aliphatic rings. The quantitative estimate of drug-likeness (QED) is 0.311. The van der Waals surface area contributed by atoms with Gasteiger partial charge >= 0.3 is 0 Å². The van der Waals surface area contributed by atoms with Crippen LogP contribution in [-0.2, 0) is 0 Å². The Bertz CT molecular complexity index is 150. The topological polar surface area (TPSA) is 0 Å². The summed E-state index contributed by atoms with van der Waals surface area (Å²) in [5.74, 6) is 1.90. The van der Waals surface area contributed by atoms with Crippen LogP contribution >= 0.6 is 0 Å². The van der Waals surface area contributed by atoms with Crippen LogP contribution in [0.15, 0.2) is 0 Å². The lowest BCUT2D eigenvalue weighted by Crippen LogP contribution is -2.03. The third kappa shape index (κ3) is 12.5. The van der Waals surface area contributed by atoms with Crippen LogP contribution in [0.5, 0.6) is 0 Å². The van der Waals surface area contributed by atoms with Gasteiger partial charge in [0.25, 0.3) is 0 Å². The van der Waals surface area contributed by atoms with Crippen molar-refractivity contribution in [1.29, 1.82) is 0 Å². The van der Waals surface area contributed by atoms with E-state index in [0.717, 1.165) is 11.8 Å². The smallest absolute Gasteiger partial charge is 0.0440 e. The van der Waals surface area contributed by atoms with Crippen LogP contribution in [0.2, 0.25) is 0 Å². The Kier molecular flexibility index (Phi) is 13.4. The molecular formula is C18H38. The molecule has 0 saturated carbocycles. The highest BCUT2D eigenvalue weighted by Crippen LogP contribution is 2.22. The van der Waals surface area contributed by atoms with E-state index in [1.54, 1.807) is 0 Å². The molecule has 0 nitrogen and oxygen atoms in total. The lowest BCUT2D eigenvalue weighted by atomic mass is 9.89. The first-order valence-corrected chi connectivity index (χ1v) is 8.70. The highest BCUT2D eigenvalue weighted by atomic mass is 14.1. The van der Waals surface area contributed by atoms with Crippen LogP contribution in [0.25, 0.3) is 0 Å². The maximum Gasteiger partial charge on any atom is -0.0440 e. The van der Waals surface area contributed by atoms with Crippen molar-refractivity contribution in [1.82, 2.24) is 0 Å². The first kappa shape index (κ1) is 18.0. The number of hydrogen-bond acceptors (Lipinski definition) is 0. The molecule has 110 valence electrons. The van der Waals surface area contributed by atoms with Crippen LogP contribution < -0.4 is 0 Å². The van der Waals surface area contributed by atoms with Crippen molar-refractivity contribution in [3.05, 3.63) is 0 Å². The van der Waals surface area contributed by atoms with Crippen LogP contribution in [0.1, 0.15) is 105 Å². The third-order valence-electron chi connectivity index (χ3n) is 4.16. The molecule has 2 unspecified atom stereocenters. The minimum absolute atomic E-state index is 0.951. The highest BCUT2D eigenvalue weighted by Gasteiger charge is 2.08. The average molecular weight is 255 g/mol. The maximum atomic E-state index is 2.46. The summed E-state index contributed by atoms with van der Waals surface area (Å²) in [6, 6.07) is 0. The Labute approximate surface area is 117 Å². The summed E-state index contributed by atoms with van der Waals surface area (Å²) >= 11 is 0. The van der Waals surface area contributed by atoms with Gasteiger partial charge < -0.3 is 0 Å². The fourth-order valence-corrected chi connectivity index (χ4v) is 2.94. The zero-order chi connectivity index (χ0) is 13.6. The lowest BCUT2D eigenvalue weighted by Gasteiger charge is -2.17. The summed E-state index contributed by atoms with van der Waals surface area (Å²) in [7, 11) is 0. The molecule has 0 amide bonds. The Hall–Kier alpha value is 0. The molecule has 0 bridgehead atoms. The zero-order valence-electron chi connectivity index (χ0n) is 13.6. The van der Waals surface area contributed by atoms with Gasteiger partial charge in [0.2, 0.25) is 0 Å². The normalized spacial score (nSPS) is 14.7. The van der Waals surface area contributed by atoms with E-state index in [1.807, 2.05) is 0 Å². The van der Waals surface area contributed by atoms with Crippen molar-refractivity contribution in [2.75, 3.05) is 0 Å². The molecule has 0 aliphatic heterocycles. The van der Waals surface area contributed by atoms with Crippen molar-refractivity contribution < 1.29 is 0 Å². The third-order valence-corrected chi connectivity index (χ3v) is 4.16. The van der Waals surface area contributed by atoms with Crippen LogP contribution in [0.4, 0.5) is 0 Å². The van der Waals surface area contributed by atoms with Crippen molar-refractivity contribution >= 4 is 0 Å². The largest absolute Gasteiger partial charge is 0.0654 e. The van der Waals surface area contributed by atoms with Gasteiger partial charge in [-0.05, 0) is 18.3 Å². The number of rotatable bonds is 13. The second-order valence-corrected chi connectivity index (χ2v) is 6.50. The second kappa shape index (κ2) is 13.4. The molecular weight excluding hydrogens is 216 g/mol. The Morgan fingerprint density at radius 2 is 0.944 bits per heavy atom. The van der Waals surface area contributed by atoms with E-state index >= 15 is 0 Å². The highest BCUT2D eigenvalue weighted by molar-refractivity contribution is 4.61. The molecule has 0 aliphatic carbocycles. The minimum atomic E-state index is 0.951. The summed E-state index contributed by atoms with van der Waals surface area (Å²) in [6.45, 7) is 9.51. The van der Waals surface area contributed by atoms with Gasteiger partial charge in [0, 0.05) is 0 Å². The summed E-state index contributed by atoms with van der Waals surface area (Å²) in [4.78, 5) is 0. The minimum Gasteiger partial charge on any atom is -0.0654 e. The Morgan fingerprint density at radius 3 is 1.39 bits per heavy atom. The summed E-state index contributed by atoms with van der Waals surface area (Å²) in [6.07, 6.45) is 17.3. The Morgan fingerprint density at radius 1 is 0.556 bits per heavy atom. The number of unbranched alkanes of at least 4 members (excludes halogenated alkanes) is 7. The van der Waals surface area contributed by atoms with Gasteiger partial charge in [-0.3, -0.25) is 0 Å². The Balaban J connectivity index is 3.34. The van der Waals surface area contributed by atoms with E-state index in [2.05, 4.69) is 27.7 Å². The van der Waals surface area contributed by atoms with Gasteiger partial charge in [0.15, 0.2) is 0 Å². The van der Waals surface area contributed by atoms with E-state index in [9.17, 15) is 0 Å². The molecule has 0 radical (unpaired) electrons. The summed E-state index contributed by atoms with van der Waals surface area (Å²) in [5.41, 5.74) is 0. The van der Waals surface area contributed by atoms with E-state index in [-0.39, 0.29) is 0 Å². The van der Waals surface area contributed by atoms with Gasteiger partial charge in [-0.2, -0.15) is 0 Å². The molecule has 0 spiro atoms. The van der Waals surface area contributed by atoms with Gasteiger partial charge in [-0.25, -0.2) is 0 Å². The van der Waals surface area contributed by atoms with Gasteiger partial charge in [-0.15, -0.1) is 0 Å². The molecule has 0 N–H and O–H groups in total. The van der Waals surface area contributed by atoms with E-state index in [1.165, 1.54) is 77.0 Å². The lowest BCUT2D eigenvalue weighted by molar-refractivity contribution is 0.357. The standard InChI is InChI=1S/C18H38/c1-5-7-9-11-13-15-18(4)16-17(3)14-12-10-8-6-2/h17-18H,5-16H2,1-4H3. The van der Waals surface area contributed by atoms with Crippen molar-refractivity contribution in [2.45, 2.75) is 105 Å². The molecule has 18 heavy (non-hydrogen) atoms. The molecule has 0 aromatic carbocycles. The molecule has 0 heteroatoms. The van der Waals surface area contributed by atoms with E-state index < -0.39 is 0 Å². The first-order valence-electron chi connectivity index (χ1n) is 8.70. The summed E-state index contributed by atoms with van der Waals surface area (Å²) < 4.78 is 0.